The van der Waals surface area contributed by atoms with Gasteiger partial charge in [0, 0.05) is 31.8 Å². The summed E-state index contributed by atoms with van der Waals surface area (Å²) >= 11 is 0. The Kier molecular flexibility index (Phi) is 9.03. The first-order valence-electron chi connectivity index (χ1n) is 19.6. The normalized spacial score (nSPS) is 20.2. The third-order valence-electron chi connectivity index (χ3n) is 11.4. The van der Waals surface area contributed by atoms with Crippen LogP contribution in [0.2, 0.25) is 0 Å². The molecule has 0 saturated heterocycles. The minimum atomic E-state index is -0.833. The highest BCUT2D eigenvalue weighted by molar-refractivity contribution is 6.03. The average Bonchev–Trinajstić information content (AvgIpc) is 3.60. The number of imidazole rings is 1. The van der Waals surface area contributed by atoms with Gasteiger partial charge < -0.3 is 20.3 Å². The van der Waals surface area contributed by atoms with Crippen LogP contribution in [0.15, 0.2) is 115 Å². The van der Waals surface area contributed by atoms with Gasteiger partial charge in [-0.1, -0.05) is 91.0 Å². The van der Waals surface area contributed by atoms with E-state index in [0.29, 0.717) is 42.5 Å². The average molecular weight is 786 g/mol. The van der Waals surface area contributed by atoms with Gasteiger partial charge in [-0.2, -0.15) is 0 Å². The Balaban J connectivity index is 0.918. The van der Waals surface area contributed by atoms with Crippen LogP contribution >= 0.6 is 0 Å². The quantitative estimate of drug-likeness (QED) is 0.155. The number of H-pyrrole nitrogens is 2. The number of hydrogen-bond donors (Lipinski definition) is 4. The molecule has 5 atom stereocenters. The standard InChI is InChI=1S/C44H39N11O4/c1-54-31-17-9-8-16-28(31)36-29(37(36)38(44(54)58)49-43(57)40-48-35(51-53-40)21-26-14-6-3-7-15-26)22-27-23-55-32-18-10-11-19-33(32)59-24-30(41(55)45-27)46-42(56)39-47-34(50-52-39)20-25-12-4-2-5-13-25/h2-19,23,29-30,36-38H,20-22,24H2,1H3,(H,46,56)(H,49,57)(H,47,50,52)(H,48,51,53)/t29?,30-,36+,37+,38+/m0/s1. The van der Waals surface area contributed by atoms with E-state index in [-0.39, 0.29) is 41.9 Å². The molecule has 3 aromatic heterocycles. The van der Waals surface area contributed by atoms with E-state index >= 15 is 0 Å². The molecule has 2 aliphatic heterocycles. The lowest BCUT2D eigenvalue weighted by molar-refractivity contribution is -0.120. The lowest BCUT2D eigenvalue weighted by Gasteiger charge is -2.24. The molecule has 0 spiro atoms. The van der Waals surface area contributed by atoms with E-state index in [9.17, 15) is 14.4 Å². The number of para-hydroxylation sites is 3. The van der Waals surface area contributed by atoms with E-state index in [2.05, 4.69) is 47.1 Å². The van der Waals surface area contributed by atoms with Crippen LogP contribution in [-0.2, 0) is 24.1 Å². The Morgan fingerprint density at radius 1 is 0.746 bits per heavy atom. The van der Waals surface area contributed by atoms with Crippen molar-refractivity contribution < 1.29 is 19.1 Å². The number of ether oxygens (including phenoxy) is 1. The fraction of sp³-hybridized carbons (Fsp3) is 0.227. The zero-order valence-corrected chi connectivity index (χ0v) is 31.9. The molecule has 4 N–H and O–H groups in total. The molecule has 5 heterocycles. The molecule has 294 valence electrons. The number of fused-ring (bicyclic) bond motifs is 6. The molecular weight excluding hydrogens is 747 g/mol. The Hall–Kier alpha value is -7.42. The van der Waals surface area contributed by atoms with Gasteiger partial charge in [-0.3, -0.25) is 29.1 Å². The van der Waals surface area contributed by atoms with Gasteiger partial charge in [-0.05, 0) is 59.1 Å². The van der Waals surface area contributed by atoms with E-state index in [1.807, 2.05) is 114 Å². The molecule has 4 aromatic carbocycles. The maximum atomic E-state index is 14.2. The van der Waals surface area contributed by atoms with Crippen molar-refractivity contribution in [2.24, 2.45) is 11.8 Å². The van der Waals surface area contributed by atoms with Crippen LogP contribution in [0, 0.1) is 11.8 Å². The second kappa shape index (κ2) is 14.8. The maximum Gasteiger partial charge on any atom is 0.291 e. The van der Waals surface area contributed by atoms with Crippen LogP contribution in [0.3, 0.4) is 0 Å². The summed E-state index contributed by atoms with van der Waals surface area (Å²) in [4.78, 5) is 57.3. The number of carbonyl (C=O) groups excluding carboxylic acids is 3. The van der Waals surface area contributed by atoms with Crippen molar-refractivity contribution in [2.75, 3.05) is 18.6 Å². The van der Waals surface area contributed by atoms with Gasteiger partial charge in [0.05, 0.1) is 11.4 Å². The third kappa shape index (κ3) is 6.89. The second-order valence-corrected chi connectivity index (χ2v) is 15.2. The van der Waals surface area contributed by atoms with Crippen molar-refractivity contribution in [3.63, 3.8) is 0 Å². The first kappa shape index (κ1) is 36.0. The molecule has 1 unspecified atom stereocenters. The molecule has 1 aliphatic carbocycles. The largest absolute Gasteiger partial charge is 0.489 e. The van der Waals surface area contributed by atoms with Gasteiger partial charge >= 0.3 is 0 Å². The van der Waals surface area contributed by atoms with E-state index in [1.165, 1.54) is 0 Å². The molecule has 59 heavy (non-hydrogen) atoms. The summed E-state index contributed by atoms with van der Waals surface area (Å²) < 4.78 is 8.17. The number of rotatable bonds is 10. The first-order valence-corrected chi connectivity index (χ1v) is 19.6. The topological polar surface area (TPSA) is 189 Å². The van der Waals surface area contributed by atoms with Crippen molar-refractivity contribution in [2.45, 2.75) is 37.3 Å². The number of amides is 3. The Morgan fingerprint density at radius 3 is 2.02 bits per heavy atom. The minimum Gasteiger partial charge on any atom is -0.489 e. The van der Waals surface area contributed by atoms with Crippen molar-refractivity contribution in [3.8, 4) is 11.4 Å². The van der Waals surface area contributed by atoms with E-state index in [0.717, 1.165) is 33.8 Å². The van der Waals surface area contributed by atoms with Crippen LogP contribution in [-0.4, -0.2) is 77.3 Å². The molecule has 15 heteroatoms. The lowest BCUT2D eigenvalue weighted by atomic mass is 10.0. The molecule has 3 aliphatic rings. The third-order valence-corrected chi connectivity index (χ3v) is 11.4. The number of nitrogens with zero attached hydrogens (tertiary/aromatic N) is 7. The van der Waals surface area contributed by atoms with Crippen LogP contribution in [0.25, 0.3) is 5.69 Å². The summed E-state index contributed by atoms with van der Waals surface area (Å²) in [5, 5.41) is 20.3. The first-order chi connectivity index (χ1) is 28.9. The summed E-state index contributed by atoms with van der Waals surface area (Å²) in [5.74, 6) is 0.888. The number of aromatic nitrogens is 8. The number of aromatic amines is 2. The minimum absolute atomic E-state index is 0.0213. The zero-order chi connectivity index (χ0) is 40.0. The van der Waals surface area contributed by atoms with Gasteiger partial charge in [0.1, 0.15) is 41.9 Å². The summed E-state index contributed by atoms with van der Waals surface area (Å²) in [6.45, 7) is 0.131. The Morgan fingerprint density at radius 2 is 1.34 bits per heavy atom. The molecule has 7 aromatic rings. The van der Waals surface area contributed by atoms with E-state index in [4.69, 9.17) is 9.72 Å². The number of nitrogens with one attached hydrogen (secondary N) is 4. The summed E-state index contributed by atoms with van der Waals surface area (Å²) in [6.07, 6.45) is 3.48. The summed E-state index contributed by atoms with van der Waals surface area (Å²) in [6, 6.07) is 33.7. The van der Waals surface area contributed by atoms with Crippen LogP contribution in [0.1, 0.15) is 73.1 Å². The highest BCUT2D eigenvalue weighted by Crippen LogP contribution is 2.60. The predicted molar refractivity (Wildman–Crippen MR) is 215 cm³/mol. The molecule has 10 rings (SSSR count). The van der Waals surface area contributed by atoms with E-state index in [1.54, 1.807) is 11.9 Å². The number of benzene rings is 4. The molecular formula is C44H39N11O4. The van der Waals surface area contributed by atoms with Crippen molar-refractivity contribution in [1.82, 2.24) is 50.5 Å². The molecule has 3 amide bonds. The smallest absolute Gasteiger partial charge is 0.291 e. The maximum absolute atomic E-state index is 14.2. The van der Waals surface area contributed by atoms with Gasteiger partial charge in [-0.15, -0.1) is 10.2 Å². The van der Waals surface area contributed by atoms with Gasteiger partial charge in [0.2, 0.25) is 17.6 Å². The SMILES string of the molecule is CN1C(=O)[C@H](NC(=O)c2n[nH]c(Cc3ccccc3)n2)[C@@H]2C(Cc3cn4c(n3)[C@@H](NC(=O)c3n[nH]c(Cc5ccccc5)n3)COc3ccccc3-4)[C@H]2c2ccccc21. The Bertz CT molecular complexity index is 2690. The number of carbonyl (C=O) groups is 3. The number of anilines is 1. The molecule has 15 nitrogen and oxygen atoms in total. The number of hydrogen-bond acceptors (Lipinski definition) is 9. The monoisotopic (exact) mass is 785 g/mol. The fourth-order valence-corrected chi connectivity index (χ4v) is 8.60. The molecule has 1 fully saturated rings. The van der Waals surface area contributed by atoms with Crippen LogP contribution < -0.4 is 20.3 Å². The molecule has 1 saturated carbocycles. The fourth-order valence-electron chi connectivity index (χ4n) is 8.60. The van der Waals surface area contributed by atoms with Gasteiger partial charge in [0.25, 0.3) is 11.8 Å². The number of likely N-dealkylation sites (N-methyl/N-ethyl adjacent to an activating group) is 1. The molecule has 0 radical (unpaired) electrons. The lowest BCUT2D eigenvalue weighted by Crippen LogP contribution is -2.49. The molecule has 0 bridgehead atoms. The highest BCUT2D eigenvalue weighted by Gasteiger charge is 2.60. The van der Waals surface area contributed by atoms with Crippen molar-refractivity contribution >= 4 is 23.4 Å². The highest BCUT2D eigenvalue weighted by atomic mass is 16.5. The van der Waals surface area contributed by atoms with Gasteiger partial charge in [0.15, 0.2) is 0 Å². The summed E-state index contributed by atoms with van der Waals surface area (Å²) in [7, 11) is 1.74. The van der Waals surface area contributed by atoms with Crippen molar-refractivity contribution in [3.05, 3.63) is 167 Å². The predicted octanol–water partition coefficient (Wildman–Crippen LogP) is 4.50. The van der Waals surface area contributed by atoms with Gasteiger partial charge in [-0.25, -0.2) is 15.0 Å². The zero-order valence-electron chi connectivity index (χ0n) is 31.9. The van der Waals surface area contributed by atoms with Crippen molar-refractivity contribution in [1.29, 1.82) is 0 Å². The Labute approximate surface area is 338 Å². The van der Waals surface area contributed by atoms with Crippen LogP contribution in [0.5, 0.6) is 5.75 Å². The van der Waals surface area contributed by atoms with E-state index < -0.39 is 23.9 Å². The summed E-state index contributed by atoms with van der Waals surface area (Å²) in [5.41, 5.74) is 5.49. The second-order valence-electron chi connectivity index (χ2n) is 15.2. The van der Waals surface area contributed by atoms with Crippen LogP contribution in [0.4, 0.5) is 5.69 Å².